The second-order valence-electron chi connectivity index (χ2n) is 6.80. The molecule has 1 aromatic carbocycles. The Morgan fingerprint density at radius 1 is 1.36 bits per heavy atom. The van der Waals surface area contributed by atoms with Gasteiger partial charge in [0.05, 0.1) is 6.54 Å². The quantitative estimate of drug-likeness (QED) is 0.876. The van der Waals surface area contributed by atoms with Crippen molar-refractivity contribution in [1.82, 2.24) is 9.88 Å². The Labute approximate surface area is 136 Å². The van der Waals surface area contributed by atoms with E-state index in [-0.39, 0.29) is 0 Å². The molecule has 1 aromatic heterocycles. The van der Waals surface area contributed by atoms with Gasteiger partial charge < -0.3 is 5.73 Å². The predicted molar refractivity (Wildman–Crippen MR) is 91.9 cm³/mol. The van der Waals surface area contributed by atoms with Gasteiger partial charge in [-0.3, -0.25) is 4.90 Å². The van der Waals surface area contributed by atoms with Crippen molar-refractivity contribution in [3.63, 3.8) is 0 Å². The second kappa shape index (κ2) is 5.67. The highest BCUT2D eigenvalue weighted by atomic mass is 32.1. The minimum absolute atomic E-state index is 0.359. The molecule has 2 aromatic rings. The maximum atomic E-state index is 6.03. The van der Waals surface area contributed by atoms with Gasteiger partial charge in [-0.05, 0) is 55.3 Å². The number of nitrogens with two attached hydrogens (primary N) is 1. The maximum absolute atomic E-state index is 6.03. The molecule has 2 bridgehead atoms. The van der Waals surface area contributed by atoms with Gasteiger partial charge in [0.15, 0.2) is 0 Å². The predicted octanol–water partition coefficient (Wildman–Crippen LogP) is 3.81. The lowest BCUT2D eigenvalue weighted by atomic mass is 9.63. The average molecular weight is 313 g/mol. The van der Waals surface area contributed by atoms with E-state index in [2.05, 4.69) is 33.5 Å². The molecule has 2 unspecified atom stereocenters. The van der Waals surface area contributed by atoms with E-state index < -0.39 is 0 Å². The first-order valence-electron chi connectivity index (χ1n) is 8.24. The summed E-state index contributed by atoms with van der Waals surface area (Å²) in [5.74, 6) is 0. The Morgan fingerprint density at radius 2 is 2.32 bits per heavy atom. The Hall–Kier alpha value is -1.39. The Kier molecular flexibility index (Phi) is 3.66. The second-order valence-corrected chi connectivity index (χ2v) is 7.78. The molecule has 4 heteroatoms. The van der Waals surface area contributed by atoms with Crippen molar-refractivity contribution in [3.05, 3.63) is 46.4 Å². The molecule has 2 fully saturated rings. The van der Waals surface area contributed by atoms with Gasteiger partial charge in [0.2, 0.25) is 0 Å². The molecule has 3 nitrogen and oxygen atoms in total. The maximum Gasteiger partial charge on any atom is 0.107 e. The van der Waals surface area contributed by atoms with Crippen molar-refractivity contribution in [3.8, 4) is 0 Å². The fourth-order valence-electron chi connectivity index (χ4n) is 4.40. The topological polar surface area (TPSA) is 42.1 Å². The van der Waals surface area contributed by atoms with Gasteiger partial charge >= 0.3 is 0 Å². The monoisotopic (exact) mass is 313 g/mol. The van der Waals surface area contributed by atoms with E-state index in [9.17, 15) is 0 Å². The summed E-state index contributed by atoms with van der Waals surface area (Å²) in [5.41, 5.74) is 8.76. The van der Waals surface area contributed by atoms with Gasteiger partial charge in [-0.2, -0.15) is 0 Å². The molecule has 1 saturated heterocycles. The smallest absolute Gasteiger partial charge is 0.107 e. The molecule has 0 spiro atoms. The van der Waals surface area contributed by atoms with E-state index in [1.807, 2.05) is 12.3 Å². The van der Waals surface area contributed by atoms with Gasteiger partial charge in [0.25, 0.3) is 0 Å². The molecule has 0 radical (unpaired) electrons. The third kappa shape index (κ3) is 2.55. The summed E-state index contributed by atoms with van der Waals surface area (Å²) in [5, 5.41) is 3.33. The van der Waals surface area contributed by atoms with Crippen molar-refractivity contribution in [2.45, 2.75) is 50.1 Å². The zero-order valence-corrected chi connectivity index (χ0v) is 13.7. The van der Waals surface area contributed by atoms with E-state index >= 15 is 0 Å². The van der Waals surface area contributed by atoms with Crippen LogP contribution in [0.4, 0.5) is 5.69 Å². The van der Waals surface area contributed by atoms with E-state index in [0.717, 1.165) is 12.2 Å². The number of rotatable bonds is 3. The average Bonchev–Trinajstić information content (AvgIpc) is 3.04. The molecule has 2 aliphatic rings. The summed E-state index contributed by atoms with van der Waals surface area (Å²) in [7, 11) is 0. The normalized spacial score (nSPS) is 28.6. The van der Waals surface area contributed by atoms with Crippen LogP contribution in [0, 0.1) is 0 Å². The molecule has 4 rings (SSSR count). The third-order valence-corrected chi connectivity index (χ3v) is 6.30. The van der Waals surface area contributed by atoms with Crippen molar-refractivity contribution in [2.24, 2.45) is 0 Å². The molecule has 22 heavy (non-hydrogen) atoms. The van der Waals surface area contributed by atoms with Crippen molar-refractivity contribution >= 4 is 17.0 Å². The summed E-state index contributed by atoms with van der Waals surface area (Å²) in [6.45, 7) is 2.20. The highest BCUT2D eigenvalue weighted by Crippen LogP contribution is 2.47. The molecular weight excluding hydrogens is 290 g/mol. The molecule has 0 amide bonds. The Balaban J connectivity index is 1.56. The number of thiazole rings is 1. The molecule has 1 saturated carbocycles. The van der Waals surface area contributed by atoms with Crippen molar-refractivity contribution < 1.29 is 0 Å². The van der Waals surface area contributed by atoms with Crippen LogP contribution >= 0.6 is 11.3 Å². The number of hydrogen-bond acceptors (Lipinski definition) is 4. The molecule has 1 aliphatic carbocycles. The highest BCUT2D eigenvalue weighted by molar-refractivity contribution is 7.09. The number of hydrogen-bond donors (Lipinski definition) is 1. The highest BCUT2D eigenvalue weighted by Gasteiger charge is 2.43. The number of likely N-dealkylation sites (tertiary alicyclic amines) is 1. The molecule has 2 atom stereocenters. The number of nitrogen functional groups attached to an aromatic ring is 1. The van der Waals surface area contributed by atoms with E-state index in [1.54, 1.807) is 11.3 Å². The Bertz CT molecular complexity index is 640. The minimum atomic E-state index is 0.359. The van der Waals surface area contributed by atoms with Gasteiger partial charge in [0, 0.05) is 23.3 Å². The first-order chi connectivity index (χ1) is 10.8. The number of anilines is 1. The van der Waals surface area contributed by atoms with E-state index in [0.29, 0.717) is 11.5 Å². The zero-order valence-electron chi connectivity index (χ0n) is 12.9. The number of piperidine rings is 1. The van der Waals surface area contributed by atoms with E-state index in [1.165, 1.54) is 49.2 Å². The molecule has 2 N–H and O–H groups in total. The molecule has 116 valence electrons. The van der Waals surface area contributed by atoms with Crippen molar-refractivity contribution in [1.29, 1.82) is 0 Å². The van der Waals surface area contributed by atoms with Gasteiger partial charge in [-0.25, -0.2) is 4.98 Å². The van der Waals surface area contributed by atoms with Crippen LogP contribution < -0.4 is 5.73 Å². The molecule has 2 heterocycles. The van der Waals surface area contributed by atoms with Crippen LogP contribution in [0.2, 0.25) is 0 Å². The first kappa shape index (κ1) is 14.2. The summed E-state index contributed by atoms with van der Waals surface area (Å²) in [6.07, 6.45) is 8.42. The van der Waals surface area contributed by atoms with Crippen molar-refractivity contribution in [2.75, 3.05) is 12.3 Å². The fraction of sp³-hybridized carbons (Fsp3) is 0.500. The Morgan fingerprint density at radius 3 is 3.14 bits per heavy atom. The van der Waals surface area contributed by atoms with Gasteiger partial charge in [0.1, 0.15) is 5.01 Å². The lowest BCUT2D eigenvalue weighted by Crippen LogP contribution is -2.51. The zero-order chi connectivity index (χ0) is 15.0. The van der Waals surface area contributed by atoms with Gasteiger partial charge in [-0.15, -0.1) is 11.3 Å². The number of aromatic nitrogens is 1. The molecular formula is C18H23N3S. The van der Waals surface area contributed by atoms with Gasteiger partial charge in [-0.1, -0.05) is 18.6 Å². The number of fused-ring (bicyclic) bond motifs is 2. The molecule has 1 aliphatic heterocycles. The summed E-state index contributed by atoms with van der Waals surface area (Å²) >= 11 is 1.78. The third-order valence-electron chi connectivity index (χ3n) is 5.53. The fourth-order valence-corrected chi connectivity index (χ4v) is 5.04. The number of nitrogens with zero attached hydrogens (tertiary/aromatic N) is 2. The largest absolute Gasteiger partial charge is 0.399 e. The van der Waals surface area contributed by atoms with Crippen LogP contribution in [0.5, 0.6) is 0 Å². The van der Waals surface area contributed by atoms with Crippen LogP contribution in [0.25, 0.3) is 0 Å². The van der Waals surface area contributed by atoms with Crippen LogP contribution in [-0.2, 0) is 12.0 Å². The van der Waals surface area contributed by atoms with Crippen LogP contribution in [0.3, 0.4) is 0 Å². The standard InChI is InChI=1S/C18H23N3S/c19-15-4-1-3-14(11-15)18-6-2-5-16(12-18)21(9-7-18)13-17-20-8-10-22-17/h1,3-4,8,10-11,16H,2,5-7,9,12-13,19H2. The SMILES string of the molecule is Nc1cccc(C23CCCC(C2)N(Cc2nccs2)CC3)c1. The van der Waals surface area contributed by atoms with Crippen LogP contribution in [0.1, 0.15) is 42.7 Å². The summed E-state index contributed by atoms with van der Waals surface area (Å²) in [6, 6.07) is 9.31. The lowest BCUT2D eigenvalue weighted by Gasteiger charge is -2.50. The summed E-state index contributed by atoms with van der Waals surface area (Å²) < 4.78 is 0. The van der Waals surface area contributed by atoms with Crippen LogP contribution in [-0.4, -0.2) is 22.5 Å². The number of benzene rings is 1. The minimum Gasteiger partial charge on any atom is -0.399 e. The lowest BCUT2D eigenvalue weighted by molar-refractivity contribution is 0.0458. The first-order valence-corrected chi connectivity index (χ1v) is 9.12. The summed E-state index contributed by atoms with van der Waals surface area (Å²) in [4.78, 5) is 7.12. The van der Waals surface area contributed by atoms with E-state index in [4.69, 9.17) is 5.73 Å². The van der Waals surface area contributed by atoms with Crippen LogP contribution in [0.15, 0.2) is 35.8 Å².